The largest absolute Gasteiger partial charge is 0.313 e. The molecular formula is C15H32N2. The van der Waals surface area contributed by atoms with Crippen molar-refractivity contribution in [1.82, 2.24) is 10.2 Å². The van der Waals surface area contributed by atoms with Gasteiger partial charge in [0.2, 0.25) is 0 Å². The molecule has 0 heterocycles. The molecule has 4 atom stereocenters. The molecule has 102 valence electrons. The van der Waals surface area contributed by atoms with Gasteiger partial charge in [0.15, 0.2) is 0 Å². The minimum atomic E-state index is 0.648. The van der Waals surface area contributed by atoms with Crippen LogP contribution < -0.4 is 5.32 Å². The Hall–Kier alpha value is -0.0800. The van der Waals surface area contributed by atoms with E-state index in [4.69, 9.17) is 0 Å². The van der Waals surface area contributed by atoms with Gasteiger partial charge in [-0.25, -0.2) is 0 Å². The summed E-state index contributed by atoms with van der Waals surface area (Å²) < 4.78 is 0. The van der Waals surface area contributed by atoms with Crippen molar-refractivity contribution in [3.8, 4) is 0 Å². The van der Waals surface area contributed by atoms with Gasteiger partial charge in [-0.15, -0.1) is 0 Å². The Balaban J connectivity index is 2.36. The number of nitrogens with one attached hydrogen (secondary N) is 1. The van der Waals surface area contributed by atoms with E-state index in [1.165, 1.54) is 32.1 Å². The van der Waals surface area contributed by atoms with Gasteiger partial charge >= 0.3 is 0 Å². The van der Waals surface area contributed by atoms with Gasteiger partial charge in [0.1, 0.15) is 0 Å². The van der Waals surface area contributed by atoms with E-state index in [1.807, 2.05) is 0 Å². The summed E-state index contributed by atoms with van der Waals surface area (Å²) in [5.74, 6) is 0.875. The zero-order chi connectivity index (χ0) is 12.8. The molecule has 0 aromatic heterocycles. The maximum absolute atomic E-state index is 3.63. The third-order valence-electron chi connectivity index (χ3n) is 4.66. The predicted molar refractivity (Wildman–Crippen MR) is 76.4 cm³/mol. The highest BCUT2D eigenvalue weighted by molar-refractivity contribution is 4.83. The first-order valence-electron chi connectivity index (χ1n) is 7.51. The third kappa shape index (κ3) is 4.59. The lowest BCUT2D eigenvalue weighted by molar-refractivity contribution is 0.102. The van der Waals surface area contributed by atoms with Crippen LogP contribution in [0.1, 0.15) is 59.8 Å². The number of nitrogens with zero attached hydrogens (tertiary/aromatic N) is 1. The standard InChI is InChI=1S/C15H32N2/c1-6-13(3)16-11-14(4)17(5)15-10-8-7-9-12(15)2/h12-16H,6-11H2,1-5H3. The second-order valence-electron chi connectivity index (χ2n) is 6.06. The molecule has 2 nitrogen and oxygen atoms in total. The van der Waals surface area contributed by atoms with Gasteiger partial charge in [0.25, 0.3) is 0 Å². The minimum absolute atomic E-state index is 0.648. The lowest BCUT2D eigenvalue weighted by Gasteiger charge is -2.40. The smallest absolute Gasteiger partial charge is 0.0192 e. The number of hydrogen-bond acceptors (Lipinski definition) is 2. The SMILES string of the molecule is CCC(C)NCC(C)N(C)C1CCCCC1C. The van der Waals surface area contributed by atoms with Crippen molar-refractivity contribution in [2.24, 2.45) is 5.92 Å². The molecule has 0 amide bonds. The molecule has 0 radical (unpaired) electrons. The summed E-state index contributed by atoms with van der Waals surface area (Å²) >= 11 is 0. The summed E-state index contributed by atoms with van der Waals surface area (Å²) in [6, 6.07) is 2.10. The molecule has 4 unspecified atom stereocenters. The van der Waals surface area contributed by atoms with E-state index in [2.05, 4.69) is 45.0 Å². The van der Waals surface area contributed by atoms with Crippen LogP contribution in [0.2, 0.25) is 0 Å². The van der Waals surface area contributed by atoms with Crippen molar-refractivity contribution in [3.05, 3.63) is 0 Å². The molecular weight excluding hydrogens is 208 g/mol. The van der Waals surface area contributed by atoms with E-state index >= 15 is 0 Å². The summed E-state index contributed by atoms with van der Waals surface area (Å²) in [7, 11) is 2.31. The van der Waals surface area contributed by atoms with E-state index in [1.54, 1.807) is 0 Å². The Bertz CT molecular complexity index is 205. The topological polar surface area (TPSA) is 15.3 Å². The number of rotatable bonds is 6. The highest BCUT2D eigenvalue weighted by Crippen LogP contribution is 2.28. The van der Waals surface area contributed by atoms with Crippen LogP contribution in [0.25, 0.3) is 0 Å². The van der Waals surface area contributed by atoms with Crippen LogP contribution in [0, 0.1) is 5.92 Å². The van der Waals surface area contributed by atoms with Gasteiger partial charge in [-0.05, 0) is 46.1 Å². The van der Waals surface area contributed by atoms with Crippen molar-refractivity contribution < 1.29 is 0 Å². The quantitative estimate of drug-likeness (QED) is 0.766. The zero-order valence-electron chi connectivity index (χ0n) is 12.5. The molecule has 0 aromatic rings. The first kappa shape index (κ1) is 15.0. The van der Waals surface area contributed by atoms with Gasteiger partial charge in [0, 0.05) is 24.7 Å². The molecule has 2 heteroatoms. The summed E-state index contributed by atoms with van der Waals surface area (Å²) in [6.07, 6.45) is 6.89. The number of likely N-dealkylation sites (N-methyl/N-ethyl adjacent to an activating group) is 1. The Labute approximate surface area is 108 Å². The van der Waals surface area contributed by atoms with Crippen molar-refractivity contribution in [2.75, 3.05) is 13.6 Å². The fourth-order valence-electron chi connectivity index (χ4n) is 2.89. The second-order valence-corrected chi connectivity index (χ2v) is 6.06. The van der Waals surface area contributed by atoms with Gasteiger partial charge in [0.05, 0.1) is 0 Å². The van der Waals surface area contributed by atoms with Crippen LogP contribution >= 0.6 is 0 Å². The van der Waals surface area contributed by atoms with E-state index in [9.17, 15) is 0 Å². The zero-order valence-corrected chi connectivity index (χ0v) is 12.5. The molecule has 1 aliphatic rings. The second kappa shape index (κ2) is 7.38. The van der Waals surface area contributed by atoms with Gasteiger partial charge in [-0.1, -0.05) is 26.7 Å². The fourth-order valence-corrected chi connectivity index (χ4v) is 2.89. The maximum Gasteiger partial charge on any atom is 0.0192 e. The number of hydrogen-bond donors (Lipinski definition) is 1. The van der Waals surface area contributed by atoms with Crippen molar-refractivity contribution in [3.63, 3.8) is 0 Å². The summed E-state index contributed by atoms with van der Waals surface area (Å²) in [5.41, 5.74) is 0. The molecule has 17 heavy (non-hydrogen) atoms. The Morgan fingerprint density at radius 1 is 1.24 bits per heavy atom. The van der Waals surface area contributed by atoms with Crippen LogP contribution in [0.3, 0.4) is 0 Å². The maximum atomic E-state index is 3.63. The van der Waals surface area contributed by atoms with Crippen molar-refractivity contribution in [1.29, 1.82) is 0 Å². The van der Waals surface area contributed by atoms with Crippen LogP contribution in [0.4, 0.5) is 0 Å². The molecule has 0 aromatic carbocycles. The van der Waals surface area contributed by atoms with Crippen LogP contribution in [-0.4, -0.2) is 36.6 Å². The fraction of sp³-hybridized carbons (Fsp3) is 1.00. The molecule has 1 rings (SSSR count). The van der Waals surface area contributed by atoms with Crippen LogP contribution in [0.5, 0.6) is 0 Å². The highest BCUT2D eigenvalue weighted by atomic mass is 15.2. The van der Waals surface area contributed by atoms with E-state index in [-0.39, 0.29) is 0 Å². The molecule has 0 aliphatic heterocycles. The molecule has 1 aliphatic carbocycles. The molecule has 1 fully saturated rings. The Morgan fingerprint density at radius 2 is 1.88 bits per heavy atom. The Kier molecular flexibility index (Phi) is 6.50. The van der Waals surface area contributed by atoms with Crippen molar-refractivity contribution in [2.45, 2.75) is 77.9 Å². The molecule has 0 spiro atoms. The van der Waals surface area contributed by atoms with Crippen LogP contribution in [0.15, 0.2) is 0 Å². The molecule has 0 bridgehead atoms. The van der Waals surface area contributed by atoms with Gasteiger partial charge in [-0.2, -0.15) is 0 Å². The monoisotopic (exact) mass is 240 g/mol. The minimum Gasteiger partial charge on any atom is -0.313 e. The average Bonchev–Trinajstić information content (AvgIpc) is 2.35. The van der Waals surface area contributed by atoms with E-state index < -0.39 is 0 Å². The first-order chi connectivity index (χ1) is 8.06. The lowest BCUT2D eigenvalue weighted by atomic mass is 9.84. The normalized spacial score (nSPS) is 29.3. The van der Waals surface area contributed by atoms with Gasteiger partial charge in [-0.3, -0.25) is 4.90 Å². The highest BCUT2D eigenvalue weighted by Gasteiger charge is 2.27. The van der Waals surface area contributed by atoms with E-state index in [0.717, 1.165) is 18.5 Å². The summed E-state index contributed by atoms with van der Waals surface area (Å²) in [4.78, 5) is 2.61. The van der Waals surface area contributed by atoms with Crippen LogP contribution in [-0.2, 0) is 0 Å². The summed E-state index contributed by atoms with van der Waals surface area (Å²) in [5, 5.41) is 3.63. The Morgan fingerprint density at radius 3 is 2.47 bits per heavy atom. The molecule has 1 N–H and O–H groups in total. The van der Waals surface area contributed by atoms with E-state index in [0.29, 0.717) is 12.1 Å². The third-order valence-corrected chi connectivity index (χ3v) is 4.66. The first-order valence-corrected chi connectivity index (χ1v) is 7.51. The average molecular weight is 240 g/mol. The van der Waals surface area contributed by atoms with Crippen molar-refractivity contribution >= 4 is 0 Å². The summed E-state index contributed by atoms with van der Waals surface area (Å²) in [6.45, 7) is 10.4. The predicted octanol–water partition coefficient (Wildman–Crippen LogP) is 3.27. The molecule has 1 saturated carbocycles. The molecule has 0 saturated heterocycles. The lowest BCUT2D eigenvalue weighted by Crippen LogP contribution is -2.48. The van der Waals surface area contributed by atoms with Gasteiger partial charge < -0.3 is 5.32 Å².